The van der Waals surface area contributed by atoms with Crippen molar-refractivity contribution in [2.45, 2.75) is 26.8 Å². The minimum absolute atomic E-state index is 0.0834. The molecule has 0 aliphatic heterocycles. The second-order valence-electron chi connectivity index (χ2n) is 4.63. The first kappa shape index (κ1) is 14.0. The third-order valence-corrected chi connectivity index (χ3v) is 3.65. The smallest absolute Gasteiger partial charge is 0.137 e. The van der Waals surface area contributed by atoms with Crippen LogP contribution >= 0.6 is 15.9 Å². The Kier molecular flexibility index (Phi) is 4.20. The highest BCUT2D eigenvalue weighted by atomic mass is 79.9. The Bertz CT molecular complexity index is 599. The molecule has 0 fully saturated rings. The standard InChI is InChI=1S/C15H16BrFN2/c1-9-4-7-15(11(3)18-9)19-10(2)12-5-6-14(17)13(16)8-12/h4-8,10,19H,1-3H3. The van der Waals surface area contributed by atoms with Crippen LogP contribution in [0.15, 0.2) is 34.8 Å². The molecule has 0 aliphatic carbocycles. The number of aromatic nitrogens is 1. The number of nitrogens with zero attached hydrogens (tertiary/aromatic N) is 1. The molecule has 1 aromatic heterocycles. The Morgan fingerprint density at radius 1 is 1.21 bits per heavy atom. The number of halogens is 2. The van der Waals surface area contributed by atoms with E-state index in [-0.39, 0.29) is 11.9 Å². The molecule has 2 aromatic rings. The van der Waals surface area contributed by atoms with E-state index in [0.29, 0.717) is 4.47 Å². The van der Waals surface area contributed by atoms with Gasteiger partial charge in [-0.1, -0.05) is 6.07 Å². The zero-order chi connectivity index (χ0) is 14.0. The molecule has 0 spiro atoms. The van der Waals surface area contributed by atoms with Crippen molar-refractivity contribution in [2.75, 3.05) is 5.32 Å². The largest absolute Gasteiger partial charge is 0.377 e. The lowest BCUT2D eigenvalue weighted by Gasteiger charge is -2.17. The minimum Gasteiger partial charge on any atom is -0.377 e. The van der Waals surface area contributed by atoms with Gasteiger partial charge >= 0.3 is 0 Å². The number of pyridine rings is 1. The Morgan fingerprint density at radius 3 is 2.58 bits per heavy atom. The van der Waals surface area contributed by atoms with Gasteiger partial charge in [0.15, 0.2) is 0 Å². The average molecular weight is 323 g/mol. The van der Waals surface area contributed by atoms with Crippen LogP contribution in [0.25, 0.3) is 0 Å². The summed E-state index contributed by atoms with van der Waals surface area (Å²) in [5, 5.41) is 3.39. The molecule has 2 nitrogen and oxygen atoms in total. The maximum absolute atomic E-state index is 13.2. The number of rotatable bonds is 3. The van der Waals surface area contributed by atoms with Gasteiger partial charge in [-0.15, -0.1) is 0 Å². The minimum atomic E-state index is -0.246. The summed E-state index contributed by atoms with van der Waals surface area (Å²) in [7, 11) is 0. The fourth-order valence-electron chi connectivity index (χ4n) is 1.94. The maximum atomic E-state index is 13.2. The molecule has 100 valence electrons. The molecular weight excluding hydrogens is 307 g/mol. The molecule has 1 N–H and O–H groups in total. The van der Waals surface area contributed by atoms with Crippen molar-refractivity contribution in [3.8, 4) is 0 Å². The zero-order valence-electron chi connectivity index (χ0n) is 11.2. The van der Waals surface area contributed by atoms with Crippen molar-refractivity contribution in [3.05, 3.63) is 57.6 Å². The van der Waals surface area contributed by atoms with E-state index in [0.717, 1.165) is 22.6 Å². The third-order valence-electron chi connectivity index (χ3n) is 3.04. The molecule has 0 bridgehead atoms. The quantitative estimate of drug-likeness (QED) is 0.880. The fourth-order valence-corrected chi connectivity index (χ4v) is 2.33. The first-order valence-electron chi connectivity index (χ1n) is 6.13. The van der Waals surface area contributed by atoms with E-state index < -0.39 is 0 Å². The summed E-state index contributed by atoms with van der Waals surface area (Å²) in [5.74, 6) is -0.246. The number of hydrogen-bond donors (Lipinski definition) is 1. The number of benzene rings is 1. The SMILES string of the molecule is Cc1ccc(NC(C)c2ccc(F)c(Br)c2)c(C)n1. The van der Waals surface area contributed by atoms with Crippen molar-refractivity contribution in [1.29, 1.82) is 0 Å². The third kappa shape index (κ3) is 3.32. The normalized spacial score (nSPS) is 12.3. The van der Waals surface area contributed by atoms with E-state index >= 15 is 0 Å². The molecular formula is C15H16BrFN2. The molecule has 1 aromatic carbocycles. The van der Waals surface area contributed by atoms with Gasteiger partial charge in [-0.25, -0.2) is 4.39 Å². The Morgan fingerprint density at radius 2 is 1.95 bits per heavy atom. The second kappa shape index (κ2) is 5.70. The predicted molar refractivity (Wildman–Crippen MR) is 79.8 cm³/mol. The highest BCUT2D eigenvalue weighted by molar-refractivity contribution is 9.10. The van der Waals surface area contributed by atoms with E-state index in [1.54, 1.807) is 12.1 Å². The first-order chi connectivity index (χ1) is 8.97. The van der Waals surface area contributed by atoms with E-state index in [1.165, 1.54) is 6.07 Å². The topological polar surface area (TPSA) is 24.9 Å². The van der Waals surface area contributed by atoms with Crippen LogP contribution in [0.2, 0.25) is 0 Å². The van der Waals surface area contributed by atoms with E-state index in [2.05, 4.69) is 26.2 Å². The van der Waals surface area contributed by atoms with Crippen molar-refractivity contribution in [3.63, 3.8) is 0 Å². The van der Waals surface area contributed by atoms with Crippen LogP contribution in [0.4, 0.5) is 10.1 Å². The number of aryl methyl sites for hydroxylation is 2. The fraction of sp³-hybridized carbons (Fsp3) is 0.267. The van der Waals surface area contributed by atoms with Crippen LogP contribution in [-0.2, 0) is 0 Å². The highest BCUT2D eigenvalue weighted by Gasteiger charge is 2.09. The lowest BCUT2D eigenvalue weighted by atomic mass is 10.1. The highest BCUT2D eigenvalue weighted by Crippen LogP contribution is 2.25. The molecule has 0 amide bonds. The molecule has 0 saturated heterocycles. The van der Waals surface area contributed by atoms with Gasteiger partial charge in [-0.05, 0) is 66.5 Å². The summed E-state index contributed by atoms with van der Waals surface area (Å²) in [5.41, 5.74) is 3.99. The van der Waals surface area contributed by atoms with Gasteiger partial charge in [-0.2, -0.15) is 0 Å². The van der Waals surface area contributed by atoms with Gasteiger partial charge in [-0.3, -0.25) is 4.98 Å². The second-order valence-corrected chi connectivity index (χ2v) is 5.48. The lowest BCUT2D eigenvalue weighted by molar-refractivity contribution is 0.619. The van der Waals surface area contributed by atoms with Gasteiger partial charge < -0.3 is 5.32 Å². The summed E-state index contributed by atoms with van der Waals surface area (Å²) in [6.45, 7) is 5.99. The summed E-state index contributed by atoms with van der Waals surface area (Å²) < 4.78 is 13.7. The Balaban J connectivity index is 2.20. The summed E-state index contributed by atoms with van der Waals surface area (Å²) >= 11 is 3.21. The molecule has 1 unspecified atom stereocenters. The molecule has 0 aliphatic rings. The summed E-state index contributed by atoms with van der Waals surface area (Å²) in [4.78, 5) is 4.42. The zero-order valence-corrected chi connectivity index (χ0v) is 12.8. The van der Waals surface area contributed by atoms with Crippen LogP contribution in [0.5, 0.6) is 0 Å². The lowest BCUT2D eigenvalue weighted by Crippen LogP contribution is -2.08. The molecule has 0 radical (unpaired) electrons. The summed E-state index contributed by atoms with van der Waals surface area (Å²) in [6, 6.07) is 9.13. The van der Waals surface area contributed by atoms with Crippen LogP contribution in [0, 0.1) is 19.7 Å². The van der Waals surface area contributed by atoms with E-state index in [9.17, 15) is 4.39 Å². The Hall–Kier alpha value is -1.42. The predicted octanol–water partition coefficient (Wildman–Crippen LogP) is 4.77. The van der Waals surface area contributed by atoms with Gasteiger partial charge in [0.05, 0.1) is 15.9 Å². The molecule has 19 heavy (non-hydrogen) atoms. The average Bonchev–Trinajstić information content (AvgIpc) is 2.36. The van der Waals surface area contributed by atoms with Gasteiger partial charge in [0.2, 0.25) is 0 Å². The summed E-state index contributed by atoms with van der Waals surface area (Å²) in [6.07, 6.45) is 0. The maximum Gasteiger partial charge on any atom is 0.137 e. The molecule has 4 heteroatoms. The number of anilines is 1. The monoisotopic (exact) mass is 322 g/mol. The number of hydrogen-bond acceptors (Lipinski definition) is 2. The van der Waals surface area contributed by atoms with Crippen molar-refractivity contribution in [1.82, 2.24) is 4.98 Å². The van der Waals surface area contributed by atoms with Crippen LogP contribution < -0.4 is 5.32 Å². The van der Waals surface area contributed by atoms with Gasteiger partial charge in [0.25, 0.3) is 0 Å². The molecule has 1 atom stereocenters. The van der Waals surface area contributed by atoms with Crippen molar-refractivity contribution >= 4 is 21.6 Å². The van der Waals surface area contributed by atoms with Crippen LogP contribution in [0.1, 0.15) is 29.9 Å². The number of nitrogens with one attached hydrogen (secondary N) is 1. The molecule has 1 heterocycles. The van der Waals surface area contributed by atoms with Crippen molar-refractivity contribution in [2.24, 2.45) is 0 Å². The first-order valence-corrected chi connectivity index (χ1v) is 6.92. The van der Waals surface area contributed by atoms with Gasteiger partial charge in [0, 0.05) is 11.7 Å². The van der Waals surface area contributed by atoms with E-state index in [4.69, 9.17) is 0 Å². The molecule has 2 rings (SSSR count). The van der Waals surface area contributed by atoms with E-state index in [1.807, 2.05) is 32.9 Å². The van der Waals surface area contributed by atoms with Crippen LogP contribution in [-0.4, -0.2) is 4.98 Å². The van der Waals surface area contributed by atoms with Gasteiger partial charge in [0.1, 0.15) is 5.82 Å². The Labute approximate surface area is 121 Å². The molecule has 0 saturated carbocycles. The van der Waals surface area contributed by atoms with Crippen molar-refractivity contribution < 1.29 is 4.39 Å². The van der Waals surface area contributed by atoms with Crippen LogP contribution in [0.3, 0.4) is 0 Å².